The van der Waals surface area contributed by atoms with Crippen molar-refractivity contribution in [1.29, 1.82) is 0 Å². The van der Waals surface area contributed by atoms with E-state index in [0.717, 1.165) is 10.4 Å². The van der Waals surface area contributed by atoms with E-state index in [-0.39, 0.29) is 0 Å². The Hall–Kier alpha value is -1.05. The standard InChI is InChI=1S/C17H22ClN/c1-3-4-5-10-17(19-2)15-11-12-16(18)14-9-7-6-8-13(14)15/h6-9,11-12,17,19H,3-5,10H2,1-2H3. The van der Waals surface area contributed by atoms with Crippen LogP contribution < -0.4 is 5.32 Å². The average molecular weight is 276 g/mol. The van der Waals surface area contributed by atoms with Crippen LogP contribution in [0.15, 0.2) is 36.4 Å². The van der Waals surface area contributed by atoms with E-state index in [4.69, 9.17) is 11.6 Å². The molecule has 2 aromatic rings. The Morgan fingerprint density at radius 2 is 1.79 bits per heavy atom. The van der Waals surface area contributed by atoms with Crippen LogP contribution in [0.4, 0.5) is 0 Å². The van der Waals surface area contributed by atoms with Gasteiger partial charge in [0.15, 0.2) is 0 Å². The van der Waals surface area contributed by atoms with Crippen LogP contribution in [0.2, 0.25) is 5.02 Å². The SMILES string of the molecule is CCCCCC(NC)c1ccc(Cl)c2ccccc12. The highest BCUT2D eigenvalue weighted by molar-refractivity contribution is 6.35. The van der Waals surface area contributed by atoms with Crippen molar-refractivity contribution in [2.75, 3.05) is 7.05 Å². The van der Waals surface area contributed by atoms with Crippen molar-refractivity contribution in [3.63, 3.8) is 0 Å². The number of rotatable bonds is 6. The fourth-order valence-electron chi connectivity index (χ4n) is 2.64. The molecular formula is C17H22ClN. The van der Waals surface area contributed by atoms with Gasteiger partial charge in [-0.05, 0) is 30.5 Å². The largest absolute Gasteiger partial charge is 0.313 e. The predicted octanol–water partition coefficient (Wildman–Crippen LogP) is 5.33. The van der Waals surface area contributed by atoms with E-state index in [2.05, 4.69) is 36.5 Å². The molecule has 0 fully saturated rings. The lowest BCUT2D eigenvalue weighted by atomic mass is 9.95. The van der Waals surface area contributed by atoms with Gasteiger partial charge in [-0.3, -0.25) is 0 Å². The highest BCUT2D eigenvalue weighted by atomic mass is 35.5. The van der Waals surface area contributed by atoms with Crippen molar-refractivity contribution < 1.29 is 0 Å². The quantitative estimate of drug-likeness (QED) is 0.702. The lowest BCUT2D eigenvalue weighted by Crippen LogP contribution is -2.16. The van der Waals surface area contributed by atoms with Crippen LogP contribution in [0.5, 0.6) is 0 Å². The number of fused-ring (bicyclic) bond motifs is 1. The van der Waals surface area contributed by atoms with Gasteiger partial charge in [-0.15, -0.1) is 0 Å². The Kier molecular flexibility index (Phi) is 5.24. The van der Waals surface area contributed by atoms with Gasteiger partial charge in [-0.2, -0.15) is 0 Å². The molecule has 0 saturated heterocycles. The summed E-state index contributed by atoms with van der Waals surface area (Å²) in [5.74, 6) is 0. The van der Waals surface area contributed by atoms with Crippen LogP contribution in [-0.2, 0) is 0 Å². The van der Waals surface area contributed by atoms with Gasteiger partial charge in [-0.25, -0.2) is 0 Å². The summed E-state index contributed by atoms with van der Waals surface area (Å²) in [6, 6.07) is 13.0. The Morgan fingerprint density at radius 1 is 1.05 bits per heavy atom. The summed E-state index contributed by atoms with van der Waals surface area (Å²) >= 11 is 6.28. The van der Waals surface area contributed by atoms with Crippen molar-refractivity contribution in [2.24, 2.45) is 0 Å². The molecule has 2 aromatic carbocycles. The molecule has 0 aliphatic carbocycles. The molecule has 102 valence electrons. The number of hydrogen-bond acceptors (Lipinski definition) is 1. The Balaban J connectivity index is 2.34. The zero-order chi connectivity index (χ0) is 13.7. The monoisotopic (exact) mass is 275 g/mol. The van der Waals surface area contributed by atoms with Crippen molar-refractivity contribution in [1.82, 2.24) is 5.32 Å². The highest BCUT2D eigenvalue weighted by Crippen LogP contribution is 2.31. The van der Waals surface area contributed by atoms with E-state index in [9.17, 15) is 0 Å². The van der Waals surface area contributed by atoms with E-state index in [0.29, 0.717) is 6.04 Å². The molecule has 1 atom stereocenters. The summed E-state index contributed by atoms with van der Waals surface area (Å²) in [7, 11) is 2.04. The van der Waals surface area contributed by atoms with Crippen LogP contribution in [0, 0.1) is 0 Å². The third kappa shape index (κ3) is 3.29. The summed E-state index contributed by atoms with van der Waals surface area (Å²) in [5, 5.41) is 6.70. The lowest BCUT2D eigenvalue weighted by molar-refractivity contribution is 0.515. The molecule has 2 rings (SSSR count). The summed E-state index contributed by atoms with van der Waals surface area (Å²) in [6.07, 6.45) is 5.00. The number of nitrogens with one attached hydrogen (secondary N) is 1. The maximum Gasteiger partial charge on any atom is 0.0484 e. The Bertz CT molecular complexity index is 536. The molecule has 1 unspecified atom stereocenters. The maximum absolute atomic E-state index is 6.28. The molecule has 19 heavy (non-hydrogen) atoms. The average Bonchev–Trinajstić information content (AvgIpc) is 2.45. The highest BCUT2D eigenvalue weighted by Gasteiger charge is 2.13. The zero-order valence-corrected chi connectivity index (χ0v) is 12.5. The first-order valence-electron chi connectivity index (χ1n) is 7.12. The maximum atomic E-state index is 6.28. The number of benzene rings is 2. The van der Waals surface area contributed by atoms with Gasteiger partial charge < -0.3 is 5.32 Å². The molecule has 0 radical (unpaired) electrons. The summed E-state index contributed by atoms with van der Waals surface area (Å²) in [6.45, 7) is 2.24. The molecule has 0 aliphatic rings. The minimum Gasteiger partial charge on any atom is -0.313 e. The van der Waals surface area contributed by atoms with Gasteiger partial charge in [0.25, 0.3) is 0 Å². The smallest absolute Gasteiger partial charge is 0.0484 e. The zero-order valence-electron chi connectivity index (χ0n) is 11.7. The Morgan fingerprint density at radius 3 is 2.47 bits per heavy atom. The van der Waals surface area contributed by atoms with E-state index < -0.39 is 0 Å². The molecule has 0 aliphatic heterocycles. The van der Waals surface area contributed by atoms with Gasteiger partial charge >= 0.3 is 0 Å². The van der Waals surface area contributed by atoms with Crippen LogP contribution in [0.1, 0.15) is 44.2 Å². The van der Waals surface area contributed by atoms with Crippen molar-refractivity contribution in [3.8, 4) is 0 Å². The van der Waals surface area contributed by atoms with Crippen molar-refractivity contribution in [2.45, 2.75) is 38.6 Å². The Labute approximate surface area is 121 Å². The summed E-state index contributed by atoms with van der Waals surface area (Å²) in [5.41, 5.74) is 1.36. The summed E-state index contributed by atoms with van der Waals surface area (Å²) < 4.78 is 0. The molecule has 2 heteroatoms. The minimum atomic E-state index is 0.411. The first-order valence-corrected chi connectivity index (χ1v) is 7.50. The van der Waals surface area contributed by atoms with Crippen molar-refractivity contribution in [3.05, 3.63) is 47.0 Å². The van der Waals surface area contributed by atoms with E-state index in [1.807, 2.05) is 19.2 Å². The molecule has 0 spiro atoms. The van der Waals surface area contributed by atoms with Crippen LogP contribution >= 0.6 is 11.6 Å². The second-order valence-electron chi connectivity index (χ2n) is 5.02. The molecule has 0 amide bonds. The summed E-state index contributed by atoms with van der Waals surface area (Å²) in [4.78, 5) is 0. The van der Waals surface area contributed by atoms with Gasteiger partial charge in [0.05, 0.1) is 0 Å². The fourth-order valence-corrected chi connectivity index (χ4v) is 2.87. The van der Waals surface area contributed by atoms with Gasteiger partial charge in [0.1, 0.15) is 0 Å². The van der Waals surface area contributed by atoms with Crippen LogP contribution in [0.3, 0.4) is 0 Å². The predicted molar refractivity (Wildman–Crippen MR) is 84.9 cm³/mol. The molecule has 0 heterocycles. The van der Waals surface area contributed by atoms with Gasteiger partial charge in [-0.1, -0.05) is 68.1 Å². The normalized spacial score (nSPS) is 12.8. The van der Waals surface area contributed by atoms with E-state index >= 15 is 0 Å². The lowest BCUT2D eigenvalue weighted by Gasteiger charge is -2.19. The third-order valence-corrected chi connectivity index (χ3v) is 4.05. The van der Waals surface area contributed by atoms with Crippen LogP contribution in [0.25, 0.3) is 10.8 Å². The molecule has 1 N–H and O–H groups in total. The molecule has 0 aromatic heterocycles. The molecule has 0 saturated carbocycles. The molecular weight excluding hydrogens is 254 g/mol. The van der Waals surface area contributed by atoms with Gasteiger partial charge in [0.2, 0.25) is 0 Å². The minimum absolute atomic E-state index is 0.411. The second-order valence-corrected chi connectivity index (χ2v) is 5.43. The van der Waals surface area contributed by atoms with E-state index in [1.54, 1.807) is 0 Å². The number of hydrogen-bond donors (Lipinski definition) is 1. The number of halogens is 1. The second kappa shape index (κ2) is 6.93. The molecule has 0 bridgehead atoms. The van der Waals surface area contributed by atoms with Crippen LogP contribution in [-0.4, -0.2) is 7.05 Å². The molecule has 1 nitrogen and oxygen atoms in total. The first kappa shape index (κ1) is 14.4. The fraction of sp³-hybridized carbons (Fsp3) is 0.412. The van der Waals surface area contributed by atoms with Crippen molar-refractivity contribution >= 4 is 22.4 Å². The number of unbranched alkanes of at least 4 members (excludes halogenated alkanes) is 2. The first-order chi connectivity index (χ1) is 9.27. The van der Waals surface area contributed by atoms with Gasteiger partial charge in [0, 0.05) is 16.5 Å². The topological polar surface area (TPSA) is 12.0 Å². The third-order valence-electron chi connectivity index (χ3n) is 3.72. The van der Waals surface area contributed by atoms with E-state index in [1.165, 1.54) is 36.6 Å².